The van der Waals surface area contributed by atoms with Crippen LogP contribution >= 0.6 is 0 Å². The summed E-state index contributed by atoms with van der Waals surface area (Å²) in [5, 5.41) is 0. The first-order chi connectivity index (χ1) is 12.2. The maximum Gasteiger partial charge on any atom is 0.137 e. The van der Waals surface area contributed by atoms with Gasteiger partial charge in [-0.25, -0.2) is 0 Å². The molecule has 0 aromatic heterocycles. The highest BCUT2D eigenvalue weighted by molar-refractivity contribution is 5.21. The van der Waals surface area contributed by atoms with Crippen molar-refractivity contribution in [2.24, 2.45) is 0 Å². The maximum atomic E-state index is 6.33. The zero-order valence-electron chi connectivity index (χ0n) is 15.2. The minimum absolute atomic E-state index is 0.0211. The molecular formula is C21H28N2O2. The monoisotopic (exact) mass is 340 g/mol. The van der Waals surface area contributed by atoms with Gasteiger partial charge in [-0.2, -0.15) is 0 Å². The number of para-hydroxylation sites is 1. The molecule has 0 saturated carbocycles. The van der Waals surface area contributed by atoms with E-state index in [1.807, 2.05) is 36.4 Å². The van der Waals surface area contributed by atoms with Crippen LogP contribution in [0.15, 0.2) is 60.7 Å². The summed E-state index contributed by atoms with van der Waals surface area (Å²) in [5.74, 6) is 0.897. The van der Waals surface area contributed by atoms with E-state index in [1.54, 1.807) is 0 Å². The standard InChI is InChI=1S/C21H28N2O2/c1-22(2)14-9-15-23-16-20(17-24-19-12-7-4-8-13-19)25-21(23)18-10-5-3-6-11-18/h3-8,10-13,20-21H,9,14-17H2,1-2H3/t20-,21+/m1/s1. The quantitative estimate of drug-likeness (QED) is 0.735. The normalized spacial score (nSPS) is 20.9. The van der Waals surface area contributed by atoms with Gasteiger partial charge >= 0.3 is 0 Å². The first-order valence-electron chi connectivity index (χ1n) is 8.99. The van der Waals surface area contributed by atoms with E-state index in [2.05, 4.69) is 48.2 Å². The highest BCUT2D eigenvalue weighted by atomic mass is 16.6. The van der Waals surface area contributed by atoms with Crippen LogP contribution in [-0.4, -0.2) is 56.2 Å². The molecule has 1 aliphatic rings. The van der Waals surface area contributed by atoms with Crippen molar-refractivity contribution in [3.05, 3.63) is 66.2 Å². The highest BCUT2D eigenvalue weighted by Crippen LogP contribution is 2.30. The molecule has 2 atom stereocenters. The molecular weight excluding hydrogens is 312 g/mol. The fourth-order valence-corrected chi connectivity index (χ4v) is 3.17. The number of benzene rings is 2. The van der Waals surface area contributed by atoms with Gasteiger partial charge in [0.2, 0.25) is 0 Å². The Hall–Kier alpha value is -1.88. The van der Waals surface area contributed by atoms with Crippen molar-refractivity contribution in [3.63, 3.8) is 0 Å². The van der Waals surface area contributed by atoms with E-state index in [0.717, 1.165) is 31.8 Å². The van der Waals surface area contributed by atoms with E-state index in [1.165, 1.54) is 5.56 Å². The van der Waals surface area contributed by atoms with E-state index in [9.17, 15) is 0 Å². The van der Waals surface area contributed by atoms with Crippen molar-refractivity contribution in [1.82, 2.24) is 9.80 Å². The van der Waals surface area contributed by atoms with Crippen LogP contribution in [0.1, 0.15) is 18.2 Å². The van der Waals surface area contributed by atoms with Gasteiger partial charge in [-0.3, -0.25) is 4.90 Å². The Labute approximate surface area is 151 Å². The third-order valence-electron chi connectivity index (χ3n) is 4.41. The van der Waals surface area contributed by atoms with Crippen LogP contribution in [0.3, 0.4) is 0 Å². The van der Waals surface area contributed by atoms with Gasteiger partial charge in [0.25, 0.3) is 0 Å². The van der Waals surface area contributed by atoms with Gasteiger partial charge in [0.1, 0.15) is 24.7 Å². The Bertz CT molecular complexity index is 618. The lowest BCUT2D eigenvalue weighted by Gasteiger charge is -2.23. The van der Waals surface area contributed by atoms with E-state index >= 15 is 0 Å². The van der Waals surface area contributed by atoms with Crippen LogP contribution in [0.5, 0.6) is 5.75 Å². The molecule has 0 unspecified atom stereocenters. The predicted octanol–water partition coefficient (Wildman–Crippen LogP) is 3.42. The summed E-state index contributed by atoms with van der Waals surface area (Å²) in [4.78, 5) is 4.66. The first kappa shape index (κ1) is 17.9. The summed E-state index contributed by atoms with van der Waals surface area (Å²) in [6, 6.07) is 20.4. The molecule has 0 amide bonds. The topological polar surface area (TPSA) is 24.9 Å². The maximum absolute atomic E-state index is 6.33. The number of hydrogen-bond donors (Lipinski definition) is 0. The molecule has 1 aliphatic heterocycles. The van der Waals surface area contributed by atoms with Crippen molar-refractivity contribution >= 4 is 0 Å². The van der Waals surface area contributed by atoms with Crippen LogP contribution < -0.4 is 4.74 Å². The van der Waals surface area contributed by atoms with Crippen LogP contribution in [-0.2, 0) is 4.74 Å². The zero-order chi connectivity index (χ0) is 17.5. The Morgan fingerprint density at radius 3 is 2.40 bits per heavy atom. The summed E-state index contributed by atoms with van der Waals surface area (Å²) in [5.41, 5.74) is 1.22. The van der Waals surface area contributed by atoms with Crippen molar-refractivity contribution in [2.75, 3.05) is 40.3 Å². The molecule has 0 radical (unpaired) electrons. The Kier molecular flexibility index (Phi) is 6.45. The van der Waals surface area contributed by atoms with Gasteiger partial charge in [0, 0.05) is 13.1 Å². The molecule has 1 saturated heterocycles. The molecule has 4 nitrogen and oxygen atoms in total. The van der Waals surface area contributed by atoms with Crippen molar-refractivity contribution in [2.45, 2.75) is 18.8 Å². The van der Waals surface area contributed by atoms with Crippen molar-refractivity contribution in [1.29, 1.82) is 0 Å². The summed E-state index contributed by atoms with van der Waals surface area (Å²) in [6.07, 6.45) is 1.24. The molecule has 0 bridgehead atoms. The second-order valence-corrected chi connectivity index (χ2v) is 6.80. The molecule has 25 heavy (non-hydrogen) atoms. The minimum atomic E-state index is 0.0211. The van der Waals surface area contributed by atoms with Crippen LogP contribution in [0, 0.1) is 0 Å². The summed E-state index contributed by atoms with van der Waals surface area (Å²) >= 11 is 0. The largest absolute Gasteiger partial charge is 0.491 e. The van der Waals surface area contributed by atoms with Crippen molar-refractivity contribution in [3.8, 4) is 5.75 Å². The van der Waals surface area contributed by atoms with Crippen LogP contribution in [0.25, 0.3) is 0 Å². The first-order valence-corrected chi connectivity index (χ1v) is 8.99. The molecule has 1 heterocycles. The number of hydrogen-bond acceptors (Lipinski definition) is 4. The van der Waals surface area contributed by atoms with Gasteiger partial charge in [-0.1, -0.05) is 48.5 Å². The third-order valence-corrected chi connectivity index (χ3v) is 4.41. The average Bonchev–Trinajstić information content (AvgIpc) is 3.04. The highest BCUT2D eigenvalue weighted by Gasteiger charge is 2.33. The van der Waals surface area contributed by atoms with Gasteiger partial charge in [0.15, 0.2) is 0 Å². The molecule has 2 aromatic carbocycles. The number of nitrogens with zero attached hydrogens (tertiary/aromatic N) is 2. The lowest BCUT2D eigenvalue weighted by molar-refractivity contribution is -0.0164. The molecule has 0 N–H and O–H groups in total. The van der Waals surface area contributed by atoms with Gasteiger partial charge in [-0.15, -0.1) is 0 Å². The van der Waals surface area contributed by atoms with Gasteiger partial charge < -0.3 is 14.4 Å². The van der Waals surface area contributed by atoms with Crippen LogP contribution in [0.2, 0.25) is 0 Å². The Morgan fingerprint density at radius 1 is 1.04 bits per heavy atom. The zero-order valence-corrected chi connectivity index (χ0v) is 15.2. The van der Waals surface area contributed by atoms with E-state index in [0.29, 0.717) is 6.61 Å². The van der Waals surface area contributed by atoms with Crippen molar-refractivity contribution < 1.29 is 9.47 Å². The fourth-order valence-electron chi connectivity index (χ4n) is 3.17. The second-order valence-electron chi connectivity index (χ2n) is 6.80. The van der Waals surface area contributed by atoms with Gasteiger partial charge in [0.05, 0.1) is 0 Å². The molecule has 4 heteroatoms. The Morgan fingerprint density at radius 2 is 1.72 bits per heavy atom. The van der Waals surface area contributed by atoms with Crippen LogP contribution in [0.4, 0.5) is 0 Å². The minimum Gasteiger partial charge on any atom is -0.491 e. The lowest BCUT2D eigenvalue weighted by Crippen LogP contribution is -2.29. The molecule has 0 aliphatic carbocycles. The number of ether oxygens (including phenoxy) is 2. The third kappa shape index (κ3) is 5.30. The second kappa shape index (κ2) is 8.99. The lowest BCUT2D eigenvalue weighted by atomic mass is 10.2. The summed E-state index contributed by atoms with van der Waals surface area (Å²) in [6.45, 7) is 3.60. The number of rotatable bonds is 8. The smallest absolute Gasteiger partial charge is 0.137 e. The average molecular weight is 340 g/mol. The predicted molar refractivity (Wildman–Crippen MR) is 101 cm³/mol. The summed E-state index contributed by atoms with van der Waals surface area (Å²) in [7, 11) is 4.23. The molecule has 2 aromatic rings. The molecule has 3 rings (SSSR count). The van der Waals surface area contributed by atoms with E-state index < -0.39 is 0 Å². The van der Waals surface area contributed by atoms with E-state index in [-0.39, 0.29) is 12.3 Å². The van der Waals surface area contributed by atoms with Gasteiger partial charge in [-0.05, 0) is 44.8 Å². The Balaban J connectivity index is 1.60. The van der Waals surface area contributed by atoms with E-state index in [4.69, 9.17) is 9.47 Å². The summed E-state index contributed by atoms with van der Waals surface area (Å²) < 4.78 is 12.2. The molecule has 134 valence electrons. The molecule has 0 spiro atoms. The SMILES string of the molecule is CN(C)CCCN1C[C@H](COc2ccccc2)O[C@H]1c1ccccc1. The molecule has 1 fully saturated rings. The fraction of sp³-hybridized carbons (Fsp3) is 0.429.